The maximum Gasteiger partial charge on any atom is 0.161 e. The van der Waals surface area contributed by atoms with Gasteiger partial charge in [0.15, 0.2) is 11.5 Å². The second-order valence-electron chi connectivity index (χ2n) is 4.41. The summed E-state index contributed by atoms with van der Waals surface area (Å²) < 4.78 is 16.6. The molecule has 0 aromatic heterocycles. The van der Waals surface area contributed by atoms with E-state index in [4.69, 9.17) is 19.3 Å². The van der Waals surface area contributed by atoms with Crippen LogP contribution >= 0.6 is 0 Å². The number of aliphatic hydroxyl groups is 1. The fourth-order valence-corrected chi connectivity index (χ4v) is 1.96. The van der Waals surface area contributed by atoms with Crippen molar-refractivity contribution < 1.29 is 19.3 Å². The molecule has 2 rings (SSSR count). The van der Waals surface area contributed by atoms with E-state index in [1.54, 1.807) is 0 Å². The molecule has 1 aliphatic rings. The molecule has 4 heteroatoms. The SMILES string of the molecule is CCOc1cc(CO)ccc1OCC1CCOC1. The number of benzene rings is 1. The molecule has 0 spiro atoms. The third-order valence-corrected chi connectivity index (χ3v) is 2.99. The van der Waals surface area contributed by atoms with Crippen LogP contribution in [-0.2, 0) is 11.3 Å². The van der Waals surface area contributed by atoms with Gasteiger partial charge in [-0.15, -0.1) is 0 Å². The number of aliphatic hydroxyl groups excluding tert-OH is 1. The van der Waals surface area contributed by atoms with E-state index in [1.807, 2.05) is 25.1 Å². The zero-order chi connectivity index (χ0) is 12.8. The number of hydrogen-bond donors (Lipinski definition) is 1. The van der Waals surface area contributed by atoms with Crippen LogP contribution in [0.3, 0.4) is 0 Å². The van der Waals surface area contributed by atoms with E-state index >= 15 is 0 Å². The lowest BCUT2D eigenvalue weighted by molar-refractivity contribution is 0.165. The lowest BCUT2D eigenvalue weighted by Gasteiger charge is -2.15. The van der Waals surface area contributed by atoms with Crippen molar-refractivity contribution in [2.75, 3.05) is 26.4 Å². The molecule has 1 unspecified atom stereocenters. The van der Waals surface area contributed by atoms with E-state index in [1.165, 1.54) is 0 Å². The van der Waals surface area contributed by atoms with Crippen molar-refractivity contribution in [1.29, 1.82) is 0 Å². The quantitative estimate of drug-likeness (QED) is 0.841. The molecule has 1 N–H and O–H groups in total. The van der Waals surface area contributed by atoms with Crippen molar-refractivity contribution in [3.05, 3.63) is 23.8 Å². The molecular weight excluding hydrogens is 232 g/mol. The first kappa shape index (κ1) is 13.2. The maximum atomic E-state index is 9.11. The van der Waals surface area contributed by atoms with E-state index in [9.17, 15) is 0 Å². The fourth-order valence-electron chi connectivity index (χ4n) is 1.96. The predicted molar refractivity (Wildman–Crippen MR) is 68.0 cm³/mol. The van der Waals surface area contributed by atoms with Crippen molar-refractivity contribution in [3.8, 4) is 11.5 Å². The van der Waals surface area contributed by atoms with Crippen LogP contribution < -0.4 is 9.47 Å². The Balaban J connectivity index is 2.00. The molecule has 1 aliphatic heterocycles. The van der Waals surface area contributed by atoms with Gasteiger partial charge in [0.2, 0.25) is 0 Å². The summed E-state index contributed by atoms with van der Waals surface area (Å²) in [5.74, 6) is 1.90. The first-order chi connectivity index (χ1) is 8.83. The lowest BCUT2D eigenvalue weighted by Crippen LogP contribution is -2.12. The zero-order valence-corrected chi connectivity index (χ0v) is 10.7. The molecule has 0 aliphatic carbocycles. The fraction of sp³-hybridized carbons (Fsp3) is 0.571. The Kier molecular flexibility index (Phi) is 4.84. The van der Waals surface area contributed by atoms with Gasteiger partial charge in [0.05, 0.1) is 26.4 Å². The van der Waals surface area contributed by atoms with Crippen molar-refractivity contribution in [1.82, 2.24) is 0 Å². The van der Waals surface area contributed by atoms with Crippen LogP contribution in [-0.4, -0.2) is 31.5 Å². The summed E-state index contributed by atoms with van der Waals surface area (Å²) in [6.07, 6.45) is 1.05. The number of ether oxygens (including phenoxy) is 3. The van der Waals surface area contributed by atoms with E-state index in [0.29, 0.717) is 24.9 Å². The van der Waals surface area contributed by atoms with Gasteiger partial charge in [-0.05, 0) is 31.0 Å². The summed E-state index contributed by atoms with van der Waals surface area (Å²) in [4.78, 5) is 0. The van der Waals surface area contributed by atoms with Crippen molar-refractivity contribution in [2.45, 2.75) is 20.0 Å². The highest BCUT2D eigenvalue weighted by Gasteiger charge is 2.17. The third kappa shape index (κ3) is 3.37. The minimum Gasteiger partial charge on any atom is -0.490 e. The second kappa shape index (κ2) is 6.61. The first-order valence-electron chi connectivity index (χ1n) is 6.40. The number of rotatable bonds is 6. The van der Waals surface area contributed by atoms with E-state index in [2.05, 4.69) is 0 Å². The summed E-state index contributed by atoms with van der Waals surface area (Å²) in [5.41, 5.74) is 0.829. The van der Waals surface area contributed by atoms with Gasteiger partial charge in [-0.2, -0.15) is 0 Å². The topological polar surface area (TPSA) is 47.9 Å². The molecule has 0 radical (unpaired) electrons. The maximum absolute atomic E-state index is 9.11. The molecule has 0 saturated carbocycles. The minimum absolute atomic E-state index is 0.0107. The second-order valence-corrected chi connectivity index (χ2v) is 4.41. The van der Waals surface area contributed by atoms with E-state index in [0.717, 1.165) is 30.9 Å². The summed E-state index contributed by atoms with van der Waals surface area (Å²) in [6.45, 7) is 4.78. The molecule has 18 heavy (non-hydrogen) atoms. The van der Waals surface area contributed by atoms with E-state index < -0.39 is 0 Å². The summed E-state index contributed by atoms with van der Waals surface area (Å²) >= 11 is 0. The van der Waals surface area contributed by atoms with Gasteiger partial charge in [-0.25, -0.2) is 0 Å². The van der Waals surface area contributed by atoms with Crippen molar-refractivity contribution in [2.24, 2.45) is 5.92 Å². The van der Waals surface area contributed by atoms with Crippen LogP contribution in [0.25, 0.3) is 0 Å². The molecule has 1 atom stereocenters. The molecule has 1 saturated heterocycles. The molecular formula is C14H20O4. The standard InChI is InChI=1S/C14H20O4/c1-2-17-14-7-11(8-15)3-4-13(14)18-10-12-5-6-16-9-12/h3-4,7,12,15H,2,5-6,8-10H2,1H3. The Morgan fingerprint density at radius 1 is 1.33 bits per heavy atom. The summed E-state index contributed by atoms with van der Waals surface area (Å²) in [6, 6.07) is 5.53. The van der Waals surface area contributed by atoms with Crippen LogP contribution in [0.15, 0.2) is 18.2 Å². The molecule has 100 valence electrons. The van der Waals surface area contributed by atoms with Crippen LogP contribution in [0.1, 0.15) is 18.9 Å². The smallest absolute Gasteiger partial charge is 0.161 e. The minimum atomic E-state index is 0.0107. The van der Waals surface area contributed by atoms with Gasteiger partial charge in [-0.3, -0.25) is 0 Å². The molecule has 4 nitrogen and oxygen atoms in total. The van der Waals surface area contributed by atoms with Crippen molar-refractivity contribution in [3.63, 3.8) is 0 Å². The van der Waals surface area contributed by atoms with Crippen LogP contribution in [0.5, 0.6) is 11.5 Å². The van der Waals surface area contributed by atoms with Gasteiger partial charge in [0.25, 0.3) is 0 Å². The number of hydrogen-bond acceptors (Lipinski definition) is 4. The van der Waals surface area contributed by atoms with Gasteiger partial charge in [0.1, 0.15) is 0 Å². The molecule has 1 fully saturated rings. The average Bonchev–Trinajstić information content (AvgIpc) is 2.90. The van der Waals surface area contributed by atoms with Crippen molar-refractivity contribution >= 4 is 0 Å². The van der Waals surface area contributed by atoms with Gasteiger partial charge in [0, 0.05) is 12.5 Å². The van der Waals surface area contributed by atoms with E-state index in [-0.39, 0.29) is 6.61 Å². The monoisotopic (exact) mass is 252 g/mol. The van der Waals surface area contributed by atoms with Gasteiger partial charge in [-0.1, -0.05) is 6.07 Å². The summed E-state index contributed by atoms with van der Waals surface area (Å²) in [5, 5.41) is 9.11. The third-order valence-electron chi connectivity index (χ3n) is 2.99. The molecule has 0 bridgehead atoms. The van der Waals surface area contributed by atoms with Gasteiger partial charge >= 0.3 is 0 Å². The zero-order valence-electron chi connectivity index (χ0n) is 10.7. The van der Waals surface area contributed by atoms with Crippen LogP contribution in [0, 0.1) is 5.92 Å². The Morgan fingerprint density at radius 3 is 2.89 bits per heavy atom. The highest BCUT2D eigenvalue weighted by Crippen LogP contribution is 2.29. The molecule has 1 aromatic carbocycles. The highest BCUT2D eigenvalue weighted by atomic mass is 16.5. The Labute approximate surface area is 107 Å². The van der Waals surface area contributed by atoms with Crippen LogP contribution in [0.4, 0.5) is 0 Å². The molecule has 1 aromatic rings. The van der Waals surface area contributed by atoms with Crippen LogP contribution in [0.2, 0.25) is 0 Å². The Morgan fingerprint density at radius 2 is 2.22 bits per heavy atom. The first-order valence-corrected chi connectivity index (χ1v) is 6.40. The van der Waals surface area contributed by atoms with Gasteiger partial charge < -0.3 is 19.3 Å². The highest BCUT2D eigenvalue weighted by molar-refractivity contribution is 5.42. The Hall–Kier alpha value is -1.26. The Bertz CT molecular complexity index is 372. The average molecular weight is 252 g/mol. The molecule has 0 amide bonds. The largest absolute Gasteiger partial charge is 0.490 e. The summed E-state index contributed by atoms with van der Waals surface area (Å²) in [7, 11) is 0. The normalized spacial score (nSPS) is 18.9. The lowest BCUT2D eigenvalue weighted by atomic mass is 10.1. The predicted octanol–water partition coefficient (Wildman–Crippen LogP) is 1.99. The molecule has 1 heterocycles.